The molecule has 0 heterocycles. The number of halogens is 2. The predicted molar refractivity (Wildman–Crippen MR) is 77.1 cm³/mol. The second-order valence-electron chi connectivity index (χ2n) is 5.33. The second kappa shape index (κ2) is 6.88. The standard InChI is InChI=1S/C15H22F2N2O/c16-15(17)13-10-11(18)6-7-14(13)19(8-9-20)12-4-2-1-3-5-12/h6-7,10,12,15,20H,1-5,8-9,18H2. The molecule has 0 bridgehead atoms. The zero-order valence-corrected chi connectivity index (χ0v) is 11.6. The summed E-state index contributed by atoms with van der Waals surface area (Å²) in [5.41, 5.74) is 6.43. The molecule has 3 N–H and O–H groups in total. The fourth-order valence-corrected chi connectivity index (χ4v) is 3.01. The smallest absolute Gasteiger partial charge is 0.265 e. The third-order valence-electron chi connectivity index (χ3n) is 3.95. The van der Waals surface area contributed by atoms with Gasteiger partial charge < -0.3 is 15.7 Å². The van der Waals surface area contributed by atoms with Gasteiger partial charge in [-0.1, -0.05) is 19.3 Å². The van der Waals surface area contributed by atoms with E-state index in [4.69, 9.17) is 5.73 Å². The predicted octanol–water partition coefficient (Wildman–Crippen LogP) is 3.34. The van der Waals surface area contributed by atoms with Crippen LogP contribution >= 0.6 is 0 Å². The molecule has 0 aliphatic heterocycles. The fraction of sp³-hybridized carbons (Fsp3) is 0.600. The van der Waals surface area contributed by atoms with Gasteiger partial charge in [-0.15, -0.1) is 0 Å². The average Bonchev–Trinajstić information content (AvgIpc) is 2.46. The maximum absolute atomic E-state index is 13.2. The summed E-state index contributed by atoms with van der Waals surface area (Å²) in [5.74, 6) is 0. The van der Waals surface area contributed by atoms with Crippen molar-refractivity contribution >= 4 is 11.4 Å². The van der Waals surface area contributed by atoms with Crippen molar-refractivity contribution < 1.29 is 13.9 Å². The van der Waals surface area contributed by atoms with Crippen molar-refractivity contribution in [2.24, 2.45) is 0 Å². The number of hydrogen-bond acceptors (Lipinski definition) is 3. The normalized spacial score (nSPS) is 16.6. The Hall–Kier alpha value is -1.36. The zero-order chi connectivity index (χ0) is 14.5. The Bertz CT molecular complexity index is 434. The van der Waals surface area contributed by atoms with Gasteiger partial charge in [0.2, 0.25) is 0 Å². The molecule has 5 heteroatoms. The number of aliphatic hydroxyl groups excluding tert-OH is 1. The quantitative estimate of drug-likeness (QED) is 0.815. The van der Waals surface area contributed by atoms with Gasteiger partial charge in [0, 0.05) is 29.5 Å². The molecule has 0 unspecified atom stereocenters. The fourth-order valence-electron chi connectivity index (χ4n) is 3.01. The van der Waals surface area contributed by atoms with Crippen LogP contribution in [-0.4, -0.2) is 24.3 Å². The van der Waals surface area contributed by atoms with E-state index in [0.717, 1.165) is 25.7 Å². The van der Waals surface area contributed by atoms with Crippen LogP contribution in [0.1, 0.15) is 44.1 Å². The first-order valence-corrected chi connectivity index (χ1v) is 7.18. The number of nitrogens with two attached hydrogens (primary N) is 1. The van der Waals surface area contributed by atoms with E-state index in [1.807, 2.05) is 4.90 Å². The van der Waals surface area contributed by atoms with Gasteiger partial charge in [-0.2, -0.15) is 0 Å². The van der Waals surface area contributed by atoms with E-state index in [9.17, 15) is 13.9 Å². The summed E-state index contributed by atoms with van der Waals surface area (Å²) in [6, 6.07) is 4.87. The van der Waals surface area contributed by atoms with Gasteiger partial charge in [-0.3, -0.25) is 0 Å². The van der Waals surface area contributed by atoms with Gasteiger partial charge in [0.25, 0.3) is 6.43 Å². The summed E-state index contributed by atoms with van der Waals surface area (Å²) in [5, 5.41) is 9.26. The molecule has 1 aliphatic carbocycles. The van der Waals surface area contributed by atoms with Crippen LogP contribution in [0.2, 0.25) is 0 Å². The molecule has 112 valence electrons. The number of aliphatic hydroxyl groups is 1. The summed E-state index contributed by atoms with van der Waals surface area (Å²) >= 11 is 0. The maximum Gasteiger partial charge on any atom is 0.265 e. The van der Waals surface area contributed by atoms with Crippen LogP contribution in [0.25, 0.3) is 0 Å². The number of benzene rings is 1. The number of alkyl halides is 2. The van der Waals surface area contributed by atoms with Gasteiger partial charge in [0.1, 0.15) is 0 Å². The van der Waals surface area contributed by atoms with E-state index in [1.165, 1.54) is 12.5 Å². The number of nitrogens with zero attached hydrogens (tertiary/aromatic N) is 1. The largest absolute Gasteiger partial charge is 0.399 e. The van der Waals surface area contributed by atoms with E-state index in [0.29, 0.717) is 17.9 Å². The van der Waals surface area contributed by atoms with Crippen molar-refractivity contribution in [3.05, 3.63) is 23.8 Å². The molecule has 0 spiro atoms. The molecule has 1 aliphatic rings. The third kappa shape index (κ3) is 3.39. The topological polar surface area (TPSA) is 49.5 Å². The highest BCUT2D eigenvalue weighted by atomic mass is 19.3. The molecule has 0 aromatic heterocycles. The molecule has 1 fully saturated rings. The molecule has 1 saturated carbocycles. The monoisotopic (exact) mass is 284 g/mol. The summed E-state index contributed by atoms with van der Waals surface area (Å²) in [6.45, 7) is 0.345. The molecule has 0 saturated heterocycles. The molecule has 0 atom stereocenters. The lowest BCUT2D eigenvalue weighted by Gasteiger charge is -2.37. The SMILES string of the molecule is Nc1ccc(N(CCO)C2CCCCC2)c(C(F)F)c1. The van der Waals surface area contributed by atoms with Gasteiger partial charge in [0.15, 0.2) is 0 Å². The van der Waals surface area contributed by atoms with E-state index >= 15 is 0 Å². The molecule has 1 aromatic rings. The van der Waals surface area contributed by atoms with E-state index in [-0.39, 0.29) is 18.2 Å². The number of hydrogen-bond donors (Lipinski definition) is 2. The van der Waals surface area contributed by atoms with Crippen molar-refractivity contribution in [2.45, 2.75) is 44.6 Å². The first-order chi connectivity index (χ1) is 9.63. The van der Waals surface area contributed by atoms with Crippen LogP contribution in [-0.2, 0) is 0 Å². The minimum Gasteiger partial charge on any atom is -0.399 e. The Balaban J connectivity index is 2.32. The summed E-state index contributed by atoms with van der Waals surface area (Å²) in [7, 11) is 0. The average molecular weight is 284 g/mol. The number of anilines is 2. The van der Waals surface area contributed by atoms with Gasteiger partial charge in [-0.25, -0.2) is 8.78 Å². The third-order valence-corrected chi connectivity index (χ3v) is 3.95. The molecule has 0 amide bonds. The molecule has 3 nitrogen and oxygen atoms in total. The molecule has 2 rings (SSSR count). The molecule has 1 aromatic carbocycles. The number of nitrogen functional groups attached to an aromatic ring is 1. The highest BCUT2D eigenvalue weighted by molar-refractivity contribution is 5.61. The minimum atomic E-state index is -2.56. The molecular weight excluding hydrogens is 262 g/mol. The van der Waals surface area contributed by atoms with Crippen molar-refractivity contribution in [3.63, 3.8) is 0 Å². The Kier molecular flexibility index (Phi) is 5.17. The lowest BCUT2D eigenvalue weighted by Crippen LogP contribution is -2.39. The lowest BCUT2D eigenvalue weighted by molar-refractivity contribution is 0.151. The first-order valence-electron chi connectivity index (χ1n) is 7.18. The highest BCUT2D eigenvalue weighted by Crippen LogP contribution is 2.35. The summed E-state index contributed by atoms with van der Waals surface area (Å²) in [6.07, 6.45) is 2.86. The van der Waals surface area contributed by atoms with E-state index < -0.39 is 6.43 Å². The van der Waals surface area contributed by atoms with Crippen LogP contribution in [0.3, 0.4) is 0 Å². The Morgan fingerprint density at radius 2 is 1.95 bits per heavy atom. The van der Waals surface area contributed by atoms with E-state index in [2.05, 4.69) is 0 Å². The Morgan fingerprint density at radius 3 is 2.55 bits per heavy atom. The minimum absolute atomic E-state index is 0.0379. The molecular formula is C15H22F2N2O. The molecule has 20 heavy (non-hydrogen) atoms. The lowest BCUT2D eigenvalue weighted by atomic mass is 9.93. The summed E-state index contributed by atoms with van der Waals surface area (Å²) in [4.78, 5) is 1.93. The maximum atomic E-state index is 13.2. The number of rotatable bonds is 5. The van der Waals surface area contributed by atoms with Gasteiger partial charge in [0.05, 0.1) is 6.61 Å². The van der Waals surface area contributed by atoms with Crippen molar-refractivity contribution in [1.29, 1.82) is 0 Å². The van der Waals surface area contributed by atoms with E-state index in [1.54, 1.807) is 12.1 Å². The van der Waals surface area contributed by atoms with Crippen molar-refractivity contribution in [2.75, 3.05) is 23.8 Å². The Labute approximate surface area is 118 Å². The van der Waals surface area contributed by atoms with Crippen LogP contribution in [0, 0.1) is 0 Å². The highest BCUT2D eigenvalue weighted by Gasteiger charge is 2.25. The van der Waals surface area contributed by atoms with Crippen LogP contribution in [0.15, 0.2) is 18.2 Å². The van der Waals surface area contributed by atoms with Crippen LogP contribution < -0.4 is 10.6 Å². The van der Waals surface area contributed by atoms with Crippen molar-refractivity contribution in [3.8, 4) is 0 Å². The van der Waals surface area contributed by atoms with Crippen LogP contribution in [0.5, 0.6) is 0 Å². The van der Waals surface area contributed by atoms with Crippen molar-refractivity contribution in [1.82, 2.24) is 0 Å². The first kappa shape index (κ1) is 15.0. The van der Waals surface area contributed by atoms with Crippen LogP contribution in [0.4, 0.5) is 20.2 Å². The second-order valence-corrected chi connectivity index (χ2v) is 5.33. The molecule has 0 radical (unpaired) electrons. The summed E-state index contributed by atoms with van der Waals surface area (Å²) < 4.78 is 26.5. The zero-order valence-electron chi connectivity index (χ0n) is 11.6. The Morgan fingerprint density at radius 1 is 1.25 bits per heavy atom. The van der Waals surface area contributed by atoms with Gasteiger partial charge >= 0.3 is 0 Å². The van der Waals surface area contributed by atoms with Gasteiger partial charge in [-0.05, 0) is 31.0 Å².